The highest BCUT2D eigenvalue weighted by Crippen LogP contribution is 2.16. The third-order valence-electron chi connectivity index (χ3n) is 4.69. The summed E-state index contributed by atoms with van der Waals surface area (Å²) in [5, 5.41) is 12.2. The number of methoxy groups -OCH3 is 1. The maximum Gasteiger partial charge on any atom is 0.191 e. The molecule has 0 spiro atoms. The van der Waals surface area contributed by atoms with E-state index < -0.39 is 0 Å². The minimum absolute atomic E-state index is 0.283. The van der Waals surface area contributed by atoms with E-state index in [0.717, 1.165) is 67.9 Å². The monoisotopic (exact) mass is 404 g/mol. The fourth-order valence-electron chi connectivity index (χ4n) is 3.34. The molecule has 1 aromatic carbocycles. The molecule has 0 saturated heterocycles. The zero-order valence-electron chi connectivity index (χ0n) is 16.6. The zero-order chi connectivity index (χ0) is 19.8. The number of benzene rings is 1. The van der Waals surface area contributed by atoms with Gasteiger partial charge in [-0.15, -0.1) is 0 Å². The predicted molar refractivity (Wildman–Crippen MR) is 112 cm³/mol. The average Bonchev–Trinajstić information content (AvgIpc) is 3.08. The number of guanidine groups is 1. The molecule has 2 aromatic rings. The first-order valence-electron chi connectivity index (χ1n) is 9.89. The summed E-state index contributed by atoms with van der Waals surface area (Å²) in [7, 11) is 1.66. The van der Waals surface area contributed by atoms with Crippen LogP contribution < -0.4 is 10.6 Å². The second-order valence-electron chi connectivity index (χ2n) is 6.89. The molecule has 152 valence electrons. The third-order valence-corrected chi connectivity index (χ3v) is 5.06. The number of fused-ring (bicyclic) bond motifs is 1. The van der Waals surface area contributed by atoms with Gasteiger partial charge in [-0.1, -0.05) is 29.8 Å². The Kier molecular flexibility index (Phi) is 7.68. The topological polar surface area (TPSA) is 76.4 Å². The maximum absolute atomic E-state index is 6.23. The molecule has 1 aromatic heterocycles. The first kappa shape index (κ1) is 20.6. The number of rotatable bonds is 8. The van der Waals surface area contributed by atoms with Crippen LogP contribution >= 0.6 is 11.6 Å². The van der Waals surface area contributed by atoms with Gasteiger partial charge in [-0.05, 0) is 37.8 Å². The SMILES string of the molecule is CCNC(=NCCCc1ccccc1Cl)NC1CCc2nc(COC)nn2C1. The lowest BCUT2D eigenvalue weighted by Gasteiger charge is -2.25. The smallest absolute Gasteiger partial charge is 0.191 e. The molecular weight excluding hydrogens is 376 g/mol. The largest absolute Gasteiger partial charge is 0.377 e. The summed E-state index contributed by atoms with van der Waals surface area (Å²) < 4.78 is 7.11. The van der Waals surface area contributed by atoms with Crippen LogP contribution in [0.1, 0.15) is 37.0 Å². The number of ether oxygens (including phenoxy) is 1. The number of aryl methyl sites for hydroxylation is 2. The number of nitrogens with one attached hydrogen (secondary N) is 2. The molecule has 0 saturated carbocycles. The molecule has 1 unspecified atom stereocenters. The molecule has 1 aliphatic heterocycles. The Morgan fingerprint density at radius 1 is 1.39 bits per heavy atom. The summed E-state index contributed by atoms with van der Waals surface area (Å²) in [5.41, 5.74) is 1.18. The minimum atomic E-state index is 0.283. The molecule has 0 aliphatic carbocycles. The van der Waals surface area contributed by atoms with E-state index in [0.29, 0.717) is 6.61 Å². The van der Waals surface area contributed by atoms with Crippen molar-refractivity contribution in [2.75, 3.05) is 20.2 Å². The van der Waals surface area contributed by atoms with Crippen molar-refractivity contribution >= 4 is 17.6 Å². The number of aliphatic imine (C=N–C) groups is 1. The maximum atomic E-state index is 6.23. The van der Waals surface area contributed by atoms with Gasteiger partial charge in [0.2, 0.25) is 0 Å². The van der Waals surface area contributed by atoms with Gasteiger partial charge in [0.1, 0.15) is 12.4 Å². The van der Waals surface area contributed by atoms with E-state index in [4.69, 9.17) is 21.3 Å². The van der Waals surface area contributed by atoms with E-state index in [2.05, 4.69) is 33.7 Å². The van der Waals surface area contributed by atoms with Crippen LogP contribution in [0.5, 0.6) is 0 Å². The zero-order valence-corrected chi connectivity index (χ0v) is 17.4. The van der Waals surface area contributed by atoms with E-state index in [1.165, 1.54) is 5.56 Å². The number of aromatic nitrogens is 3. The molecule has 1 aliphatic rings. The van der Waals surface area contributed by atoms with Gasteiger partial charge >= 0.3 is 0 Å². The first-order valence-corrected chi connectivity index (χ1v) is 10.3. The molecule has 3 rings (SSSR count). The van der Waals surface area contributed by atoms with Crippen LogP contribution in [-0.2, 0) is 30.7 Å². The van der Waals surface area contributed by atoms with Crippen LogP contribution in [0.25, 0.3) is 0 Å². The molecular formula is C20H29ClN6O. The molecule has 0 amide bonds. The van der Waals surface area contributed by atoms with Crippen LogP contribution in [0.15, 0.2) is 29.3 Å². The highest BCUT2D eigenvalue weighted by atomic mass is 35.5. The Balaban J connectivity index is 1.52. The number of halogens is 1. The van der Waals surface area contributed by atoms with Crippen molar-refractivity contribution in [2.24, 2.45) is 4.99 Å². The normalized spacial score (nSPS) is 16.7. The summed E-state index contributed by atoms with van der Waals surface area (Å²) >= 11 is 6.23. The summed E-state index contributed by atoms with van der Waals surface area (Å²) in [6.45, 7) is 4.90. The van der Waals surface area contributed by atoms with Crippen LogP contribution in [0, 0.1) is 0 Å². The molecule has 2 heterocycles. The van der Waals surface area contributed by atoms with Crippen molar-refractivity contribution in [3.63, 3.8) is 0 Å². The number of nitrogens with zero attached hydrogens (tertiary/aromatic N) is 4. The van der Waals surface area contributed by atoms with Gasteiger partial charge in [0.05, 0.1) is 6.54 Å². The molecule has 8 heteroatoms. The van der Waals surface area contributed by atoms with E-state index in [1.807, 2.05) is 22.9 Å². The Morgan fingerprint density at radius 2 is 2.25 bits per heavy atom. The van der Waals surface area contributed by atoms with Crippen LogP contribution in [0.4, 0.5) is 0 Å². The Hall–Kier alpha value is -2.12. The summed E-state index contributed by atoms with van der Waals surface area (Å²) in [5.74, 6) is 2.64. The van der Waals surface area contributed by atoms with E-state index in [9.17, 15) is 0 Å². The molecule has 0 fully saturated rings. The summed E-state index contributed by atoms with van der Waals surface area (Å²) in [4.78, 5) is 9.26. The molecule has 1 atom stereocenters. The quantitative estimate of drug-likeness (QED) is 0.401. The van der Waals surface area contributed by atoms with Crippen molar-refractivity contribution < 1.29 is 4.74 Å². The Bertz CT molecular complexity index is 791. The van der Waals surface area contributed by atoms with Crippen molar-refractivity contribution in [2.45, 2.75) is 51.8 Å². The van der Waals surface area contributed by atoms with Gasteiger partial charge in [0.25, 0.3) is 0 Å². The van der Waals surface area contributed by atoms with Crippen LogP contribution in [-0.4, -0.2) is 47.0 Å². The highest BCUT2D eigenvalue weighted by molar-refractivity contribution is 6.31. The fraction of sp³-hybridized carbons (Fsp3) is 0.550. The van der Waals surface area contributed by atoms with E-state index in [1.54, 1.807) is 7.11 Å². The average molecular weight is 405 g/mol. The van der Waals surface area contributed by atoms with Gasteiger partial charge in [-0.3, -0.25) is 4.99 Å². The Labute approximate surface area is 171 Å². The van der Waals surface area contributed by atoms with Gasteiger partial charge in [-0.25, -0.2) is 9.67 Å². The minimum Gasteiger partial charge on any atom is -0.377 e. The number of hydrogen-bond acceptors (Lipinski definition) is 4. The second kappa shape index (κ2) is 10.4. The summed E-state index contributed by atoms with van der Waals surface area (Å²) in [6.07, 6.45) is 3.80. The fourth-order valence-corrected chi connectivity index (χ4v) is 3.57. The lowest BCUT2D eigenvalue weighted by molar-refractivity contribution is 0.177. The highest BCUT2D eigenvalue weighted by Gasteiger charge is 2.22. The van der Waals surface area contributed by atoms with E-state index in [-0.39, 0.29) is 6.04 Å². The van der Waals surface area contributed by atoms with Gasteiger partial charge < -0.3 is 15.4 Å². The predicted octanol–water partition coefficient (Wildman–Crippen LogP) is 2.58. The van der Waals surface area contributed by atoms with Crippen molar-refractivity contribution in [1.82, 2.24) is 25.4 Å². The lowest BCUT2D eigenvalue weighted by atomic mass is 10.1. The van der Waals surface area contributed by atoms with Crippen molar-refractivity contribution in [3.8, 4) is 0 Å². The Morgan fingerprint density at radius 3 is 3.04 bits per heavy atom. The van der Waals surface area contributed by atoms with Gasteiger partial charge in [-0.2, -0.15) is 5.10 Å². The molecule has 7 nitrogen and oxygen atoms in total. The van der Waals surface area contributed by atoms with Crippen LogP contribution in [0.2, 0.25) is 5.02 Å². The van der Waals surface area contributed by atoms with E-state index >= 15 is 0 Å². The van der Waals surface area contributed by atoms with Crippen molar-refractivity contribution in [1.29, 1.82) is 0 Å². The number of hydrogen-bond donors (Lipinski definition) is 2. The van der Waals surface area contributed by atoms with Gasteiger partial charge in [0.15, 0.2) is 11.8 Å². The molecule has 0 radical (unpaired) electrons. The molecule has 2 N–H and O–H groups in total. The summed E-state index contributed by atoms with van der Waals surface area (Å²) in [6, 6.07) is 8.28. The van der Waals surface area contributed by atoms with Crippen molar-refractivity contribution in [3.05, 3.63) is 46.5 Å². The van der Waals surface area contributed by atoms with Crippen LogP contribution in [0.3, 0.4) is 0 Å². The standard InChI is InChI=1S/C20H29ClN6O/c1-3-22-20(23-12-6-8-15-7-4-5-9-17(15)21)24-16-10-11-19-25-18(14-28-2)26-27(19)13-16/h4-5,7,9,16H,3,6,8,10-14H2,1-2H3,(H2,22,23,24). The van der Waals surface area contributed by atoms with Gasteiger partial charge in [0, 0.05) is 37.7 Å². The molecule has 0 bridgehead atoms. The second-order valence-corrected chi connectivity index (χ2v) is 7.30. The third kappa shape index (κ3) is 5.69. The first-order chi connectivity index (χ1) is 13.7. The molecule has 28 heavy (non-hydrogen) atoms. The lowest BCUT2D eigenvalue weighted by Crippen LogP contribution is -2.47.